The van der Waals surface area contributed by atoms with Crippen molar-refractivity contribution >= 4 is 0 Å². The van der Waals surface area contributed by atoms with Crippen molar-refractivity contribution in [2.24, 2.45) is 0 Å². The van der Waals surface area contributed by atoms with Gasteiger partial charge in [-0.05, 0) is 0 Å². The monoisotopic (exact) mass is 356 g/mol. The lowest BCUT2D eigenvalue weighted by Crippen LogP contribution is -2.65. The zero-order valence-electron chi connectivity index (χ0n) is 13.0. The average Bonchev–Trinajstić information content (AvgIpc) is 2.61. The van der Waals surface area contributed by atoms with Crippen LogP contribution in [0.1, 0.15) is 0 Å². The lowest BCUT2D eigenvalue weighted by molar-refractivity contribution is -0.370. The van der Waals surface area contributed by atoms with Gasteiger partial charge in [-0.25, -0.2) is 0 Å². The molecule has 0 aromatic heterocycles. The molecule has 7 N–H and O–H groups in total. The summed E-state index contributed by atoms with van der Waals surface area (Å²) in [6.45, 7) is -0.958. The van der Waals surface area contributed by atoms with Gasteiger partial charge in [-0.1, -0.05) is 0 Å². The molecule has 2 aliphatic rings. The van der Waals surface area contributed by atoms with E-state index in [1.54, 1.807) is 0 Å². The standard InChI is InChI=1S/C13H24O11/c1-21-12-10(20)8(18)11-5(23-12)3-22-13(24-11)9(19)7(17)6(16)4(15)2-14/h4-20H,2-3H2,1H3/t4-,5+,6-,7+,8+,9-,10+,11-,12+,13-/m0/s1. The van der Waals surface area contributed by atoms with Crippen molar-refractivity contribution in [3.63, 3.8) is 0 Å². The molecule has 0 aliphatic carbocycles. The van der Waals surface area contributed by atoms with Crippen LogP contribution in [0.25, 0.3) is 0 Å². The van der Waals surface area contributed by atoms with E-state index in [1.807, 2.05) is 0 Å². The van der Waals surface area contributed by atoms with Crippen LogP contribution in [0.15, 0.2) is 0 Å². The summed E-state index contributed by atoms with van der Waals surface area (Å²) in [5.41, 5.74) is 0. The van der Waals surface area contributed by atoms with Crippen LogP contribution >= 0.6 is 0 Å². The molecule has 0 aromatic rings. The van der Waals surface area contributed by atoms with Gasteiger partial charge in [0.25, 0.3) is 0 Å². The number of aliphatic hydroxyl groups is 7. The molecule has 0 unspecified atom stereocenters. The van der Waals surface area contributed by atoms with Gasteiger partial charge >= 0.3 is 0 Å². The molecular weight excluding hydrogens is 332 g/mol. The topological polar surface area (TPSA) is 179 Å². The van der Waals surface area contributed by atoms with Crippen molar-refractivity contribution in [2.75, 3.05) is 20.3 Å². The Morgan fingerprint density at radius 3 is 2.29 bits per heavy atom. The van der Waals surface area contributed by atoms with E-state index >= 15 is 0 Å². The molecule has 0 aromatic carbocycles. The third-order valence-corrected chi connectivity index (χ3v) is 4.15. The summed E-state index contributed by atoms with van der Waals surface area (Å²) in [4.78, 5) is 0. The molecule has 2 rings (SSSR count). The van der Waals surface area contributed by atoms with E-state index < -0.39 is 68.0 Å². The summed E-state index contributed by atoms with van der Waals surface area (Å²) in [5.74, 6) is 0. The van der Waals surface area contributed by atoms with Crippen molar-refractivity contribution < 1.29 is 54.7 Å². The molecule has 2 fully saturated rings. The number of methoxy groups -OCH3 is 1. The van der Waals surface area contributed by atoms with E-state index in [0.717, 1.165) is 0 Å². The molecule has 0 spiro atoms. The summed E-state index contributed by atoms with van der Waals surface area (Å²) in [6.07, 6.45) is -14.3. The number of ether oxygens (including phenoxy) is 4. The molecule has 0 saturated carbocycles. The summed E-state index contributed by atoms with van der Waals surface area (Å²) < 4.78 is 20.8. The first-order valence-electron chi connectivity index (χ1n) is 7.46. The van der Waals surface area contributed by atoms with Crippen LogP contribution in [0.2, 0.25) is 0 Å². The normalized spacial score (nSPS) is 42.0. The lowest BCUT2D eigenvalue weighted by Gasteiger charge is -2.47. The molecule has 24 heavy (non-hydrogen) atoms. The molecule has 10 atom stereocenters. The van der Waals surface area contributed by atoms with Crippen molar-refractivity contribution in [3.8, 4) is 0 Å². The Morgan fingerprint density at radius 2 is 1.71 bits per heavy atom. The Labute approximate surface area is 137 Å². The molecule has 0 amide bonds. The van der Waals surface area contributed by atoms with Gasteiger partial charge in [0.15, 0.2) is 12.6 Å². The van der Waals surface area contributed by atoms with E-state index in [0.29, 0.717) is 0 Å². The van der Waals surface area contributed by atoms with Gasteiger partial charge in [-0.15, -0.1) is 0 Å². The molecule has 11 heteroatoms. The highest BCUT2D eigenvalue weighted by Crippen LogP contribution is 2.30. The largest absolute Gasteiger partial charge is 0.394 e. The molecule has 0 bridgehead atoms. The number of hydrogen-bond donors (Lipinski definition) is 7. The van der Waals surface area contributed by atoms with Gasteiger partial charge in [-0.3, -0.25) is 0 Å². The Morgan fingerprint density at radius 1 is 1.04 bits per heavy atom. The fourth-order valence-electron chi connectivity index (χ4n) is 2.66. The molecule has 2 heterocycles. The van der Waals surface area contributed by atoms with E-state index in [9.17, 15) is 30.6 Å². The molecule has 0 radical (unpaired) electrons. The van der Waals surface area contributed by atoms with Gasteiger partial charge in [0.2, 0.25) is 0 Å². The van der Waals surface area contributed by atoms with Gasteiger partial charge in [-0.2, -0.15) is 0 Å². The third-order valence-electron chi connectivity index (χ3n) is 4.15. The second-order valence-corrected chi connectivity index (χ2v) is 5.78. The predicted molar refractivity (Wildman–Crippen MR) is 73.4 cm³/mol. The van der Waals surface area contributed by atoms with Crippen molar-refractivity contribution in [1.82, 2.24) is 0 Å². The fraction of sp³-hybridized carbons (Fsp3) is 1.00. The first-order valence-corrected chi connectivity index (χ1v) is 7.46. The van der Waals surface area contributed by atoms with Crippen LogP contribution in [0.3, 0.4) is 0 Å². The molecule has 2 aliphatic heterocycles. The molecule has 142 valence electrons. The third kappa shape index (κ3) is 3.86. The van der Waals surface area contributed by atoms with Crippen LogP contribution in [0.5, 0.6) is 0 Å². The van der Waals surface area contributed by atoms with Crippen LogP contribution in [0.4, 0.5) is 0 Å². The van der Waals surface area contributed by atoms with Crippen LogP contribution in [-0.2, 0) is 18.9 Å². The lowest BCUT2D eigenvalue weighted by atomic mass is 9.97. The molecule has 2 saturated heterocycles. The van der Waals surface area contributed by atoms with Crippen LogP contribution < -0.4 is 0 Å². The van der Waals surface area contributed by atoms with E-state index in [-0.39, 0.29) is 6.61 Å². The highest BCUT2D eigenvalue weighted by molar-refractivity contribution is 4.94. The highest BCUT2D eigenvalue weighted by Gasteiger charge is 2.50. The minimum Gasteiger partial charge on any atom is -0.394 e. The number of rotatable bonds is 6. The van der Waals surface area contributed by atoms with Gasteiger partial charge in [0, 0.05) is 7.11 Å². The maximum absolute atomic E-state index is 10.1. The van der Waals surface area contributed by atoms with E-state index in [2.05, 4.69) is 0 Å². The first-order chi connectivity index (χ1) is 11.3. The average molecular weight is 356 g/mol. The van der Waals surface area contributed by atoms with E-state index in [4.69, 9.17) is 24.1 Å². The van der Waals surface area contributed by atoms with Crippen molar-refractivity contribution in [2.45, 2.75) is 61.4 Å². The van der Waals surface area contributed by atoms with Crippen molar-refractivity contribution in [3.05, 3.63) is 0 Å². The SMILES string of the molecule is CO[C@@H]1O[C@@H]2CO[C@H]([C@@H](O)[C@H](O)[C@@H](O)[C@@H](O)CO)O[C@@H]2[C@H](O)[C@H]1O. The number of fused-ring (bicyclic) bond motifs is 1. The fourth-order valence-corrected chi connectivity index (χ4v) is 2.66. The summed E-state index contributed by atoms with van der Waals surface area (Å²) >= 11 is 0. The minimum absolute atomic E-state index is 0.137. The van der Waals surface area contributed by atoms with E-state index in [1.165, 1.54) is 7.11 Å². The quantitative estimate of drug-likeness (QED) is 0.243. The second-order valence-electron chi connectivity index (χ2n) is 5.78. The van der Waals surface area contributed by atoms with Gasteiger partial charge in [0.05, 0.1) is 13.2 Å². The summed E-state index contributed by atoms with van der Waals surface area (Å²) in [6, 6.07) is 0. The Balaban J connectivity index is 2.00. The van der Waals surface area contributed by atoms with Crippen LogP contribution in [0, 0.1) is 0 Å². The maximum atomic E-state index is 10.1. The minimum atomic E-state index is -1.88. The number of hydrogen-bond acceptors (Lipinski definition) is 11. The maximum Gasteiger partial charge on any atom is 0.186 e. The van der Waals surface area contributed by atoms with Crippen molar-refractivity contribution in [1.29, 1.82) is 0 Å². The number of aliphatic hydroxyl groups excluding tert-OH is 7. The van der Waals surface area contributed by atoms with Gasteiger partial charge < -0.3 is 54.7 Å². The summed E-state index contributed by atoms with van der Waals surface area (Å²) in [7, 11) is 1.29. The smallest absolute Gasteiger partial charge is 0.186 e. The Bertz CT molecular complexity index is 394. The second kappa shape index (κ2) is 8.29. The van der Waals surface area contributed by atoms with Crippen LogP contribution in [-0.4, -0.2) is 117 Å². The predicted octanol–water partition coefficient (Wildman–Crippen LogP) is -4.74. The first kappa shape index (κ1) is 19.9. The summed E-state index contributed by atoms with van der Waals surface area (Å²) in [5, 5.41) is 67.5. The molecular formula is C13H24O11. The molecule has 11 nitrogen and oxygen atoms in total. The zero-order chi connectivity index (χ0) is 18.0. The highest BCUT2D eigenvalue weighted by atomic mass is 16.8. The Kier molecular flexibility index (Phi) is 6.87. The van der Waals surface area contributed by atoms with Gasteiger partial charge in [0.1, 0.15) is 48.8 Å². The zero-order valence-corrected chi connectivity index (χ0v) is 13.0. The Hall–Kier alpha value is -0.440.